The van der Waals surface area contributed by atoms with E-state index in [0.29, 0.717) is 0 Å². The van der Waals surface area contributed by atoms with Gasteiger partial charge in [0.2, 0.25) is 0 Å². The zero-order chi connectivity index (χ0) is 10.3. The average molecular weight is 310 g/mol. The average Bonchev–Trinajstić information content (AvgIpc) is 1.88. The number of aliphatic carboxylic acids is 4. The maximum Gasteiger partial charge on any atom is 2.00 e. The van der Waals surface area contributed by atoms with Gasteiger partial charge in [0.15, 0.2) is 0 Å². The first-order chi connectivity index (χ1) is 5.29. The maximum atomic E-state index is 8.93. The van der Waals surface area contributed by atoms with Crippen LogP contribution in [0.3, 0.4) is 0 Å². The number of carboxylic acids is 4. The Kier molecular flexibility index (Phi) is 36.2. The van der Waals surface area contributed by atoms with Gasteiger partial charge < -0.3 is 39.6 Å². The van der Waals surface area contributed by atoms with Crippen LogP contribution in [0.25, 0.3) is 0 Å². The Balaban J connectivity index is -0.0000000370. The summed E-state index contributed by atoms with van der Waals surface area (Å²) in [5, 5.41) is 35.7. The molecule has 0 aromatic carbocycles. The molecule has 0 aliphatic heterocycles. The van der Waals surface area contributed by atoms with Gasteiger partial charge in [0, 0.05) is 0 Å². The Morgan fingerprint density at radius 3 is 0.600 bits per heavy atom. The van der Waals surface area contributed by atoms with Crippen molar-refractivity contribution in [3.63, 3.8) is 0 Å². The number of carbonyl (C=O) groups excluding carboxylic acids is 4. The molecule has 0 saturated heterocycles. The fourth-order valence-electron chi connectivity index (χ4n) is 0. The second-order valence-corrected chi connectivity index (χ2v) is 1.15. The SMILES string of the molecule is O=C([O-])C(=O)[O-].O=C([O-])C(=O)[O-].[Fe+2].[K+].[K+]. The third-order valence-corrected chi connectivity index (χ3v) is 0.333. The van der Waals surface area contributed by atoms with E-state index < -0.39 is 23.9 Å². The summed E-state index contributed by atoms with van der Waals surface area (Å²) in [6.45, 7) is 0. The standard InChI is InChI=1S/2C2H2O4.Fe.2K/c2*3-1(4)2(5)6;;;/h2*(H,3,4)(H,5,6);;;/q;;+2;2*+1/p-4. The normalized spacial score (nSPS) is 5.87. The van der Waals surface area contributed by atoms with Gasteiger partial charge in [0.1, 0.15) is 0 Å². The zero-order valence-electron chi connectivity index (χ0n) is 7.62. The van der Waals surface area contributed by atoms with E-state index in [1.165, 1.54) is 0 Å². The Labute approximate surface area is 179 Å². The minimum atomic E-state index is -2.19. The first kappa shape index (κ1) is 30.1. The summed E-state index contributed by atoms with van der Waals surface area (Å²) in [5.74, 6) is -8.74. The minimum absolute atomic E-state index is 0. The summed E-state index contributed by atoms with van der Waals surface area (Å²) in [4.78, 5) is 35.7. The minimum Gasteiger partial charge on any atom is -0.543 e. The Hall–Kier alpha value is 1.67. The molecule has 0 fully saturated rings. The Morgan fingerprint density at radius 2 is 0.600 bits per heavy atom. The molecule has 0 radical (unpaired) electrons. The van der Waals surface area contributed by atoms with Gasteiger partial charge in [-0.15, -0.1) is 0 Å². The van der Waals surface area contributed by atoms with E-state index in [-0.39, 0.29) is 120 Å². The summed E-state index contributed by atoms with van der Waals surface area (Å²) >= 11 is 0. The number of carboxylic acid groups (broad SMARTS) is 4. The Bertz CT molecular complexity index is 181. The molecular formula is C4FeK2O8. The molecule has 0 bridgehead atoms. The van der Waals surface area contributed by atoms with E-state index in [1.54, 1.807) is 0 Å². The van der Waals surface area contributed by atoms with Crippen LogP contribution in [0.5, 0.6) is 0 Å². The van der Waals surface area contributed by atoms with Crippen LogP contribution < -0.4 is 123 Å². The topological polar surface area (TPSA) is 161 Å². The van der Waals surface area contributed by atoms with E-state index in [0.717, 1.165) is 0 Å². The van der Waals surface area contributed by atoms with Crippen LogP contribution in [-0.2, 0) is 36.2 Å². The molecule has 0 aromatic heterocycles. The van der Waals surface area contributed by atoms with E-state index >= 15 is 0 Å². The molecule has 0 heterocycles. The summed E-state index contributed by atoms with van der Waals surface area (Å²) in [6, 6.07) is 0. The van der Waals surface area contributed by atoms with Crippen LogP contribution in [0.1, 0.15) is 0 Å². The number of hydrogen-bond donors (Lipinski definition) is 0. The molecular weight excluding hydrogens is 310 g/mol. The second-order valence-electron chi connectivity index (χ2n) is 1.15. The summed E-state index contributed by atoms with van der Waals surface area (Å²) in [7, 11) is 0. The number of hydrogen-bond acceptors (Lipinski definition) is 8. The van der Waals surface area contributed by atoms with Crippen LogP contribution in [0, 0.1) is 0 Å². The molecule has 0 unspecified atom stereocenters. The molecule has 11 heteroatoms. The smallest absolute Gasteiger partial charge is 0.543 e. The van der Waals surface area contributed by atoms with E-state index in [2.05, 4.69) is 0 Å². The van der Waals surface area contributed by atoms with E-state index in [4.69, 9.17) is 39.6 Å². The Morgan fingerprint density at radius 1 is 0.533 bits per heavy atom. The molecule has 0 aromatic rings. The maximum absolute atomic E-state index is 8.93. The van der Waals surface area contributed by atoms with Crippen molar-refractivity contribution in [3.05, 3.63) is 0 Å². The van der Waals surface area contributed by atoms with Gasteiger partial charge in [0.25, 0.3) is 0 Å². The monoisotopic (exact) mass is 310 g/mol. The molecule has 0 spiro atoms. The van der Waals surface area contributed by atoms with Crippen molar-refractivity contribution in [2.24, 2.45) is 0 Å². The summed E-state index contributed by atoms with van der Waals surface area (Å²) < 4.78 is 0. The predicted octanol–water partition coefficient (Wildman–Crippen LogP) is -13.0. The van der Waals surface area contributed by atoms with Gasteiger partial charge in [-0.25, -0.2) is 0 Å². The van der Waals surface area contributed by atoms with Crippen molar-refractivity contribution >= 4 is 23.9 Å². The van der Waals surface area contributed by atoms with Crippen LogP contribution in [0.4, 0.5) is 0 Å². The van der Waals surface area contributed by atoms with E-state index in [9.17, 15) is 0 Å². The van der Waals surface area contributed by atoms with Crippen molar-refractivity contribution in [2.45, 2.75) is 0 Å². The van der Waals surface area contributed by atoms with Gasteiger partial charge in [0.05, 0.1) is 23.9 Å². The quantitative estimate of drug-likeness (QED) is 0.315. The fraction of sp³-hybridized carbons (Fsp3) is 0. The van der Waals surface area contributed by atoms with Crippen molar-refractivity contribution in [2.75, 3.05) is 0 Å². The zero-order valence-corrected chi connectivity index (χ0v) is 15.0. The molecule has 0 N–H and O–H groups in total. The first-order valence-electron chi connectivity index (χ1n) is 2.13. The molecule has 0 saturated carbocycles. The molecule has 8 nitrogen and oxygen atoms in total. The van der Waals surface area contributed by atoms with Crippen molar-refractivity contribution in [1.82, 2.24) is 0 Å². The van der Waals surface area contributed by atoms with Crippen molar-refractivity contribution in [3.8, 4) is 0 Å². The largest absolute Gasteiger partial charge is 2.00 e. The van der Waals surface area contributed by atoms with Gasteiger partial charge in [-0.3, -0.25) is 0 Å². The number of rotatable bonds is 0. The molecule has 0 rings (SSSR count). The van der Waals surface area contributed by atoms with Crippen LogP contribution >= 0.6 is 0 Å². The van der Waals surface area contributed by atoms with E-state index in [1.807, 2.05) is 0 Å². The summed E-state index contributed by atoms with van der Waals surface area (Å²) in [6.07, 6.45) is 0. The van der Waals surface area contributed by atoms with Crippen LogP contribution in [-0.4, -0.2) is 23.9 Å². The molecule has 0 atom stereocenters. The molecule has 74 valence electrons. The fourth-order valence-corrected chi connectivity index (χ4v) is 0. The third kappa shape index (κ3) is 31.3. The third-order valence-electron chi connectivity index (χ3n) is 0.333. The van der Waals surface area contributed by atoms with Gasteiger partial charge in [-0.2, -0.15) is 0 Å². The van der Waals surface area contributed by atoms with Gasteiger partial charge in [-0.1, -0.05) is 0 Å². The molecule has 0 aliphatic rings. The van der Waals surface area contributed by atoms with Gasteiger partial charge in [-0.05, 0) is 0 Å². The summed E-state index contributed by atoms with van der Waals surface area (Å²) in [5.41, 5.74) is 0. The van der Waals surface area contributed by atoms with Crippen molar-refractivity contribution in [1.29, 1.82) is 0 Å². The molecule has 0 aliphatic carbocycles. The second kappa shape index (κ2) is 18.0. The van der Waals surface area contributed by atoms with Crippen molar-refractivity contribution < 1.29 is 159 Å². The predicted molar refractivity (Wildman–Crippen MR) is 20.0 cm³/mol. The number of carbonyl (C=O) groups is 4. The van der Waals surface area contributed by atoms with Gasteiger partial charge >= 0.3 is 120 Å². The van der Waals surface area contributed by atoms with Crippen LogP contribution in [0.2, 0.25) is 0 Å². The first-order valence-corrected chi connectivity index (χ1v) is 2.13. The van der Waals surface area contributed by atoms with Crippen LogP contribution in [0.15, 0.2) is 0 Å². The molecule has 0 amide bonds. The molecule has 15 heavy (non-hydrogen) atoms.